The molecular weight excluding hydrogens is 356 g/mol. The number of furan rings is 1. The third-order valence-corrected chi connectivity index (χ3v) is 5.50. The highest BCUT2D eigenvalue weighted by Gasteiger charge is 2.32. The monoisotopic (exact) mass is 380 g/mol. The number of aryl methyl sites for hydroxylation is 1. The number of nitrogens with one attached hydrogen (secondary N) is 1. The molecule has 2 aromatic heterocycles. The molecular formula is C21H24N4O3. The van der Waals surface area contributed by atoms with E-state index in [1.165, 1.54) is 6.26 Å². The van der Waals surface area contributed by atoms with Crippen molar-refractivity contribution in [1.29, 1.82) is 0 Å². The Bertz CT molecular complexity index is 1010. The van der Waals surface area contributed by atoms with Gasteiger partial charge in [-0.2, -0.15) is 5.10 Å². The largest absolute Gasteiger partial charge is 0.471 e. The molecule has 0 spiro atoms. The van der Waals surface area contributed by atoms with Crippen LogP contribution in [0, 0.1) is 6.92 Å². The van der Waals surface area contributed by atoms with Crippen LogP contribution in [-0.2, 0) is 11.2 Å². The van der Waals surface area contributed by atoms with Crippen LogP contribution in [0.2, 0.25) is 0 Å². The van der Waals surface area contributed by atoms with Gasteiger partial charge in [-0.25, -0.2) is 0 Å². The van der Waals surface area contributed by atoms with E-state index in [1.54, 1.807) is 24.4 Å². The Morgan fingerprint density at radius 1 is 1.36 bits per heavy atom. The van der Waals surface area contributed by atoms with Crippen LogP contribution in [0.25, 0.3) is 10.9 Å². The van der Waals surface area contributed by atoms with Gasteiger partial charge in [0.2, 0.25) is 5.91 Å². The lowest BCUT2D eigenvalue weighted by atomic mass is 10.1. The first-order valence-corrected chi connectivity index (χ1v) is 9.52. The molecule has 1 aliphatic heterocycles. The Labute approximate surface area is 163 Å². The second-order valence-corrected chi connectivity index (χ2v) is 7.51. The SMILES string of the molecule is Cc1cocc1C(=O)N1CCCC1CN(C)C(=O)Cc1ccc2cn[nH]c2c1. The number of hydrogen-bond donors (Lipinski definition) is 1. The average Bonchev–Trinajstić information content (AvgIpc) is 3.41. The number of fused-ring (bicyclic) bond motifs is 1. The van der Waals surface area contributed by atoms with Crippen LogP contribution in [0.3, 0.4) is 0 Å². The zero-order valence-corrected chi connectivity index (χ0v) is 16.1. The second kappa shape index (κ2) is 7.50. The summed E-state index contributed by atoms with van der Waals surface area (Å²) in [4.78, 5) is 29.2. The molecule has 1 unspecified atom stereocenters. The highest BCUT2D eigenvalue weighted by atomic mass is 16.3. The van der Waals surface area contributed by atoms with E-state index in [0.29, 0.717) is 25.1 Å². The molecule has 1 aromatic carbocycles. The number of amides is 2. The van der Waals surface area contributed by atoms with Gasteiger partial charge in [-0.3, -0.25) is 14.7 Å². The summed E-state index contributed by atoms with van der Waals surface area (Å²) >= 11 is 0. The first-order chi connectivity index (χ1) is 13.5. The molecule has 0 bridgehead atoms. The molecule has 0 saturated carbocycles. The second-order valence-electron chi connectivity index (χ2n) is 7.51. The van der Waals surface area contributed by atoms with Gasteiger partial charge >= 0.3 is 0 Å². The van der Waals surface area contributed by atoms with Gasteiger partial charge in [-0.15, -0.1) is 0 Å². The lowest BCUT2D eigenvalue weighted by Crippen LogP contribution is -2.44. The molecule has 7 nitrogen and oxygen atoms in total. The molecule has 0 aliphatic carbocycles. The number of aromatic amines is 1. The highest BCUT2D eigenvalue weighted by molar-refractivity contribution is 5.95. The van der Waals surface area contributed by atoms with E-state index < -0.39 is 0 Å². The van der Waals surface area contributed by atoms with E-state index in [4.69, 9.17) is 4.42 Å². The van der Waals surface area contributed by atoms with Crippen molar-refractivity contribution in [1.82, 2.24) is 20.0 Å². The third kappa shape index (κ3) is 3.52. The maximum Gasteiger partial charge on any atom is 0.257 e. The molecule has 28 heavy (non-hydrogen) atoms. The maximum absolute atomic E-state index is 12.8. The molecule has 0 radical (unpaired) electrons. The fourth-order valence-corrected chi connectivity index (χ4v) is 3.85. The quantitative estimate of drug-likeness (QED) is 0.738. The van der Waals surface area contributed by atoms with Gasteiger partial charge in [-0.05, 0) is 37.0 Å². The fourth-order valence-electron chi connectivity index (χ4n) is 3.85. The molecule has 1 aliphatic rings. The Morgan fingerprint density at radius 3 is 3.00 bits per heavy atom. The van der Waals surface area contributed by atoms with Gasteiger partial charge in [0.1, 0.15) is 6.26 Å². The fraction of sp³-hybridized carbons (Fsp3) is 0.381. The van der Waals surface area contributed by atoms with Gasteiger partial charge in [0.15, 0.2) is 0 Å². The van der Waals surface area contributed by atoms with E-state index in [1.807, 2.05) is 30.0 Å². The van der Waals surface area contributed by atoms with Crippen LogP contribution in [-0.4, -0.2) is 58.0 Å². The first kappa shape index (κ1) is 18.3. The summed E-state index contributed by atoms with van der Waals surface area (Å²) < 4.78 is 5.15. The van der Waals surface area contributed by atoms with E-state index in [-0.39, 0.29) is 17.9 Å². The van der Waals surface area contributed by atoms with Crippen LogP contribution in [0.1, 0.15) is 34.3 Å². The molecule has 1 atom stereocenters. The number of carbonyl (C=O) groups excluding carboxylic acids is 2. The molecule has 3 heterocycles. The summed E-state index contributed by atoms with van der Waals surface area (Å²) in [5.74, 6) is 0.0250. The molecule has 1 saturated heterocycles. The standard InChI is InChI=1S/C21H24N4O3/c1-14-12-28-13-18(14)21(27)25-7-3-4-17(25)11-24(2)20(26)9-15-5-6-16-10-22-23-19(16)8-15/h5-6,8,10,12-13,17H,3-4,7,9,11H2,1-2H3,(H,22,23). The minimum atomic E-state index is -0.0145. The molecule has 2 amide bonds. The highest BCUT2D eigenvalue weighted by Crippen LogP contribution is 2.23. The summed E-state index contributed by atoms with van der Waals surface area (Å²) in [5.41, 5.74) is 3.32. The number of benzene rings is 1. The minimum absolute atomic E-state index is 0.0145. The predicted molar refractivity (Wildman–Crippen MR) is 105 cm³/mol. The van der Waals surface area contributed by atoms with E-state index >= 15 is 0 Å². The van der Waals surface area contributed by atoms with Crippen molar-refractivity contribution in [3.8, 4) is 0 Å². The normalized spacial score (nSPS) is 16.6. The third-order valence-electron chi connectivity index (χ3n) is 5.50. The Kier molecular flexibility index (Phi) is 4.90. The molecule has 1 fully saturated rings. The van der Waals surface area contributed by atoms with Crippen molar-refractivity contribution in [2.24, 2.45) is 0 Å². The number of carbonyl (C=O) groups is 2. The van der Waals surface area contributed by atoms with Crippen LogP contribution in [0.5, 0.6) is 0 Å². The predicted octanol–water partition coefficient (Wildman–Crippen LogP) is 2.77. The number of likely N-dealkylation sites (tertiary alicyclic amines) is 1. The Balaban J connectivity index is 1.40. The topological polar surface area (TPSA) is 82.4 Å². The van der Waals surface area contributed by atoms with Crippen LogP contribution in [0.15, 0.2) is 41.3 Å². The van der Waals surface area contributed by atoms with Gasteiger partial charge in [0.25, 0.3) is 5.91 Å². The van der Waals surface area contributed by atoms with E-state index in [0.717, 1.165) is 34.9 Å². The molecule has 7 heteroatoms. The van der Waals surface area contributed by atoms with Crippen LogP contribution < -0.4 is 0 Å². The van der Waals surface area contributed by atoms with Crippen molar-refractivity contribution in [2.75, 3.05) is 20.1 Å². The zero-order chi connectivity index (χ0) is 19.7. The smallest absolute Gasteiger partial charge is 0.257 e. The molecule has 1 N–H and O–H groups in total. The number of likely N-dealkylation sites (N-methyl/N-ethyl adjacent to an activating group) is 1. The number of hydrogen-bond acceptors (Lipinski definition) is 4. The van der Waals surface area contributed by atoms with Crippen molar-refractivity contribution < 1.29 is 14.0 Å². The summed E-state index contributed by atoms with van der Waals surface area (Å²) in [6.45, 7) is 3.12. The van der Waals surface area contributed by atoms with Crippen LogP contribution in [0.4, 0.5) is 0 Å². The lowest BCUT2D eigenvalue weighted by molar-refractivity contribution is -0.129. The average molecular weight is 380 g/mol. The van der Waals surface area contributed by atoms with Gasteiger partial charge in [0, 0.05) is 31.6 Å². The molecule has 4 rings (SSSR count). The van der Waals surface area contributed by atoms with Crippen molar-refractivity contribution in [2.45, 2.75) is 32.2 Å². The maximum atomic E-state index is 12.8. The molecule has 3 aromatic rings. The Morgan fingerprint density at radius 2 is 2.21 bits per heavy atom. The number of rotatable bonds is 5. The van der Waals surface area contributed by atoms with Crippen molar-refractivity contribution >= 4 is 22.7 Å². The van der Waals surface area contributed by atoms with E-state index in [2.05, 4.69) is 10.2 Å². The first-order valence-electron chi connectivity index (χ1n) is 9.52. The summed E-state index contributed by atoms with van der Waals surface area (Å²) in [6, 6.07) is 5.91. The van der Waals surface area contributed by atoms with Crippen LogP contribution >= 0.6 is 0 Å². The zero-order valence-electron chi connectivity index (χ0n) is 16.1. The summed E-state index contributed by atoms with van der Waals surface area (Å²) in [6.07, 6.45) is 7.04. The molecule has 146 valence electrons. The number of H-pyrrole nitrogens is 1. The van der Waals surface area contributed by atoms with E-state index in [9.17, 15) is 9.59 Å². The van der Waals surface area contributed by atoms with Crippen molar-refractivity contribution in [3.05, 3.63) is 53.6 Å². The number of aromatic nitrogens is 2. The van der Waals surface area contributed by atoms with Crippen molar-refractivity contribution in [3.63, 3.8) is 0 Å². The summed E-state index contributed by atoms with van der Waals surface area (Å²) in [7, 11) is 1.81. The Hall–Kier alpha value is -3.09. The number of nitrogens with zero attached hydrogens (tertiary/aromatic N) is 3. The van der Waals surface area contributed by atoms with Gasteiger partial charge in [0.05, 0.1) is 30.0 Å². The van der Waals surface area contributed by atoms with Gasteiger partial charge < -0.3 is 14.2 Å². The van der Waals surface area contributed by atoms with Gasteiger partial charge in [-0.1, -0.05) is 12.1 Å². The lowest BCUT2D eigenvalue weighted by Gasteiger charge is -2.29. The summed E-state index contributed by atoms with van der Waals surface area (Å²) in [5, 5.41) is 7.97. The minimum Gasteiger partial charge on any atom is -0.471 e.